The SMILES string of the molecule is CC(CCc1ccco1)NC(=O)c1nn(C)c(=O)c2ccccc12. The van der Waals surface area contributed by atoms with Crippen molar-refractivity contribution >= 4 is 16.7 Å². The van der Waals surface area contributed by atoms with E-state index in [1.807, 2.05) is 19.1 Å². The van der Waals surface area contributed by atoms with E-state index in [4.69, 9.17) is 4.42 Å². The molecule has 0 bridgehead atoms. The van der Waals surface area contributed by atoms with Gasteiger partial charge in [-0.15, -0.1) is 0 Å². The minimum absolute atomic E-state index is 0.0413. The van der Waals surface area contributed by atoms with Crippen molar-refractivity contribution in [3.63, 3.8) is 0 Å². The molecule has 0 saturated carbocycles. The quantitative estimate of drug-likeness (QED) is 0.781. The van der Waals surface area contributed by atoms with Gasteiger partial charge < -0.3 is 9.73 Å². The lowest BCUT2D eigenvalue weighted by Gasteiger charge is -2.14. The van der Waals surface area contributed by atoms with Gasteiger partial charge in [-0.2, -0.15) is 5.10 Å². The summed E-state index contributed by atoms with van der Waals surface area (Å²) in [6.07, 6.45) is 3.14. The number of furan rings is 1. The maximum absolute atomic E-state index is 12.6. The van der Waals surface area contributed by atoms with Crippen molar-refractivity contribution < 1.29 is 9.21 Å². The lowest BCUT2D eigenvalue weighted by molar-refractivity contribution is 0.0932. The molecule has 1 unspecified atom stereocenters. The first kappa shape index (κ1) is 16.0. The molecule has 0 aliphatic rings. The third-order valence-corrected chi connectivity index (χ3v) is 3.95. The van der Waals surface area contributed by atoms with E-state index in [2.05, 4.69) is 10.4 Å². The topological polar surface area (TPSA) is 77.1 Å². The molecule has 6 heteroatoms. The van der Waals surface area contributed by atoms with Gasteiger partial charge in [-0.1, -0.05) is 18.2 Å². The molecule has 0 saturated heterocycles. The molecule has 124 valence electrons. The molecule has 2 aromatic heterocycles. The molecule has 0 radical (unpaired) electrons. The van der Waals surface area contributed by atoms with Crippen LogP contribution in [0, 0.1) is 0 Å². The van der Waals surface area contributed by atoms with E-state index in [0.29, 0.717) is 10.8 Å². The number of hydrogen-bond donors (Lipinski definition) is 1. The van der Waals surface area contributed by atoms with Gasteiger partial charge in [0.25, 0.3) is 11.5 Å². The Morgan fingerprint density at radius 1 is 1.25 bits per heavy atom. The van der Waals surface area contributed by atoms with Crippen LogP contribution in [0.5, 0.6) is 0 Å². The summed E-state index contributed by atoms with van der Waals surface area (Å²) in [4.78, 5) is 24.7. The lowest BCUT2D eigenvalue weighted by Crippen LogP contribution is -2.35. The lowest BCUT2D eigenvalue weighted by atomic mass is 10.1. The largest absolute Gasteiger partial charge is 0.469 e. The Balaban J connectivity index is 1.78. The second-order valence-corrected chi connectivity index (χ2v) is 5.82. The zero-order valence-electron chi connectivity index (χ0n) is 13.7. The number of aromatic nitrogens is 2. The second kappa shape index (κ2) is 6.70. The van der Waals surface area contributed by atoms with Crippen molar-refractivity contribution in [3.05, 3.63) is 64.5 Å². The van der Waals surface area contributed by atoms with Gasteiger partial charge in [0.1, 0.15) is 5.76 Å². The number of aryl methyl sites for hydroxylation is 2. The molecular formula is C18H19N3O3. The van der Waals surface area contributed by atoms with Crippen LogP contribution in [0.4, 0.5) is 0 Å². The normalized spacial score (nSPS) is 12.2. The van der Waals surface area contributed by atoms with Crippen molar-refractivity contribution in [2.45, 2.75) is 25.8 Å². The standard InChI is InChI=1S/C18H19N3O3/c1-12(9-10-13-6-5-11-24-13)19-17(22)16-14-7-3-4-8-15(14)18(23)21(2)20-16/h3-8,11-12H,9-10H2,1-2H3,(H,19,22). The molecule has 1 amide bonds. The molecule has 1 N–H and O–H groups in total. The van der Waals surface area contributed by atoms with Crippen LogP contribution in [-0.2, 0) is 13.5 Å². The number of fused-ring (bicyclic) bond motifs is 1. The molecule has 0 aliphatic heterocycles. The molecule has 3 aromatic rings. The van der Waals surface area contributed by atoms with Crippen molar-refractivity contribution in [2.24, 2.45) is 7.05 Å². The smallest absolute Gasteiger partial charge is 0.274 e. The molecule has 24 heavy (non-hydrogen) atoms. The summed E-state index contributed by atoms with van der Waals surface area (Å²) in [5.41, 5.74) is 0.0468. The van der Waals surface area contributed by atoms with Crippen LogP contribution in [0.25, 0.3) is 10.8 Å². The van der Waals surface area contributed by atoms with Crippen molar-refractivity contribution in [2.75, 3.05) is 0 Å². The first-order valence-corrected chi connectivity index (χ1v) is 7.85. The number of amides is 1. The van der Waals surface area contributed by atoms with E-state index in [0.717, 1.165) is 18.6 Å². The summed E-state index contributed by atoms with van der Waals surface area (Å²) < 4.78 is 6.50. The number of benzene rings is 1. The summed E-state index contributed by atoms with van der Waals surface area (Å²) >= 11 is 0. The fourth-order valence-electron chi connectivity index (χ4n) is 2.65. The second-order valence-electron chi connectivity index (χ2n) is 5.82. The van der Waals surface area contributed by atoms with Gasteiger partial charge in [0.05, 0.1) is 11.6 Å². The zero-order valence-corrected chi connectivity index (χ0v) is 13.7. The minimum atomic E-state index is -0.284. The molecule has 2 heterocycles. The van der Waals surface area contributed by atoms with Gasteiger partial charge in [0, 0.05) is 24.9 Å². The highest BCUT2D eigenvalue weighted by Crippen LogP contribution is 2.13. The van der Waals surface area contributed by atoms with E-state index < -0.39 is 0 Å². The summed E-state index contributed by atoms with van der Waals surface area (Å²) in [6, 6.07) is 10.7. The van der Waals surface area contributed by atoms with Crippen LogP contribution in [0.15, 0.2) is 51.9 Å². The highest BCUT2D eigenvalue weighted by atomic mass is 16.3. The number of rotatable bonds is 5. The molecule has 1 aromatic carbocycles. The van der Waals surface area contributed by atoms with Crippen LogP contribution in [0.2, 0.25) is 0 Å². The van der Waals surface area contributed by atoms with Crippen LogP contribution >= 0.6 is 0 Å². The Morgan fingerprint density at radius 3 is 2.71 bits per heavy atom. The fraction of sp³-hybridized carbons (Fsp3) is 0.278. The fourth-order valence-corrected chi connectivity index (χ4v) is 2.65. The van der Waals surface area contributed by atoms with E-state index in [1.165, 1.54) is 4.68 Å². The van der Waals surface area contributed by atoms with E-state index >= 15 is 0 Å². The monoisotopic (exact) mass is 325 g/mol. The van der Waals surface area contributed by atoms with E-state index in [1.54, 1.807) is 37.6 Å². The third kappa shape index (κ3) is 3.22. The van der Waals surface area contributed by atoms with Gasteiger partial charge >= 0.3 is 0 Å². The third-order valence-electron chi connectivity index (χ3n) is 3.95. The van der Waals surface area contributed by atoms with Crippen LogP contribution < -0.4 is 10.9 Å². The van der Waals surface area contributed by atoms with Gasteiger partial charge in [0.15, 0.2) is 5.69 Å². The Labute approximate surface area is 139 Å². The molecular weight excluding hydrogens is 306 g/mol. The maximum Gasteiger partial charge on any atom is 0.274 e. The molecule has 0 aliphatic carbocycles. The zero-order chi connectivity index (χ0) is 17.1. The average molecular weight is 325 g/mol. The highest BCUT2D eigenvalue weighted by Gasteiger charge is 2.17. The van der Waals surface area contributed by atoms with E-state index in [9.17, 15) is 9.59 Å². The Bertz CT molecular complexity index is 913. The number of hydrogen-bond acceptors (Lipinski definition) is 4. The number of carbonyl (C=O) groups is 1. The summed E-state index contributed by atoms with van der Waals surface area (Å²) in [6.45, 7) is 1.94. The molecule has 0 spiro atoms. The number of nitrogens with one attached hydrogen (secondary N) is 1. The predicted molar refractivity (Wildman–Crippen MR) is 90.9 cm³/mol. The van der Waals surface area contributed by atoms with Gasteiger partial charge in [-0.25, -0.2) is 4.68 Å². The van der Waals surface area contributed by atoms with Crippen LogP contribution in [0.3, 0.4) is 0 Å². The van der Waals surface area contributed by atoms with Gasteiger partial charge in [0.2, 0.25) is 0 Å². The van der Waals surface area contributed by atoms with Crippen LogP contribution in [0.1, 0.15) is 29.6 Å². The first-order valence-electron chi connectivity index (χ1n) is 7.85. The Kier molecular flexibility index (Phi) is 4.46. The molecule has 3 rings (SSSR count). The number of carbonyl (C=O) groups excluding carboxylic acids is 1. The molecule has 1 atom stereocenters. The van der Waals surface area contributed by atoms with Crippen molar-refractivity contribution in [1.82, 2.24) is 15.1 Å². The molecule has 6 nitrogen and oxygen atoms in total. The minimum Gasteiger partial charge on any atom is -0.469 e. The van der Waals surface area contributed by atoms with Crippen LogP contribution in [-0.4, -0.2) is 21.7 Å². The highest BCUT2D eigenvalue weighted by molar-refractivity contribution is 6.04. The Hall–Kier alpha value is -2.89. The number of nitrogens with zero attached hydrogens (tertiary/aromatic N) is 2. The average Bonchev–Trinajstić information content (AvgIpc) is 3.10. The molecule has 0 fully saturated rings. The summed E-state index contributed by atoms with van der Waals surface area (Å²) in [7, 11) is 1.55. The summed E-state index contributed by atoms with van der Waals surface area (Å²) in [5.74, 6) is 0.607. The predicted octanol–water partition coefficient (Wildman–Crippen LogP) is 2.28. The van der Waals surface area contributed by atoms with E-state index in [-0.39, 0.29) is 23.2 Å². The maximum atomic E-state index is 12.6. The Morgan fingerprint density at radius 2 is 2.00 bits per heavy atom. The van der Waals surface area contributed by atoms with Crippen molar-refractivity contribution in [1.29, 1.82) is 0 Å². The van der Waals surface area contributed by atoms with Gasteiger partial charge in [-0.3, -0.25) is 9.59 Å². The van der Waals surface area contributed by atoms with Crippen molar-refractivity contribution in [3.8, 4) is 0 Å². The first-order chi connectivity index (χ1) is 11.6. The summed E-state index contributed by atoms with van der Waals surface area (Å²) in [5, 5.41) is 8.13. The van der Waals surface area contributed by atoms with Gasteiger partial charge in [-0.05, 0) is 31.5 Å².